The van der Waals surface area contributed by atoms with Crippen LogP contribution in [0.1, 0.15) is 0 Å². The second-order valence-electron chi connectivity index (χ2n) is 4.14. The number of aliphatic hydroxyl groups is 2. The highest BCUT2D eigenvalue weighted by atomic mass is 79.9. The average Bonchev–Trinajstić information content (AvgIpc) is 2.59. The highest BCUT2D eigenvalue weighted by molar-refractivity contribution is 9.10. The lowest BCUT2D eigenvalue weighted by Gasteiger charge is -2.17. The summed E-state index contributed by atoms with van der Waals surface area (Å²) in [4.78, 5) is -0.0213. The lowest BCUT2D eigenvalue weighted by atomic mass is 10.3. The summed E-state index contributed by atoms with van der Waals surface area (Å²) >= 11 is 3.20. The molecule has 1 aliphatic heterocycles. The fraction of sp³-hybridized carbons (Fsp3) is 0.400. The Morgan fingerprint density at radius 3 is 2.33 bits per heavy atom. The highest BCUT2D eigenvalue weighted by Gasteiger charge is 2.38. The summed E-state index contributed by atoms with van der Waals surface area (Å²) in [6, 6.07) is 4.47. The molecule has 0 unspecified atom stereocenters. The minimum absolute atomic E-state index is 0.0213. The standard InChI is InChI=1S/C10H13BrN2O4S/c11-6-1-2-10(7(12)3-6)18(16,17)13-4-8(14)9(15)5-13/h1-3,8-9,14-15H,4-5,12H2/t8-,9+. The van der Waals surface area contributed by atoms with E-state index in [-0.39, 0.29) is 23.7 Å². The molecule has 2 atom stereocenters. The second-order valence-corrected chi connectivity index (χ2v) is 6.96. The molecular weight excluding hydrogens is 324 g/mol. The molecule has 0 amide bonds. The molecule has 1 heterocycles. The molecule has 0 radical (unpaired) electrons. The van der Waals surface area contributed by atoms with Gasteiger partial charge in [0.05, 0.1) is 17.9 Å². The molecule has 1 aromatic carbocycles. The summed E-state index contributed by atoms with van der Waals surface area (Å²) in [5.74, 6) is 0. The quantitative estimate of drug-likeness (QED) is 0.646. The number of nitrogens with zero attached hydrogens (tertiary/aromatic N) is 1. The SMILES string of the molecule is Nc1cc(Br)ccc1S(=O)(=O)N1C[C@@H](O)[C@@H](O)C1. The molecule has 0 spiro atoms. The number of aliphatic hydroxyl groups excluding tert-OH is 2. The zero-order chi connectivity index (χ0) is 13.5. The van der Waals surface area contributed by atoms with Crippen LogP contribution in [-0.4, -0.2) is 48.2 Å². The lowest BCUT2D eigenvalue weighted by molar-refractivity contribution is 0.0572. The third-order valence-corrected chi connectivity index (χ3v) is 5.21. The number of nitrogen functional groups attached to an aromatic ring is 1. The molecule has 0 bridgehead atoms. The first kappa shape index (κ1) is 13.8. The molecule has 0 saturated carbocycles. The van der Waals surface area contributed by atoms with Crippen molar-refractivity contribution in [2.75, 3.05) is 18.8 Å². The van der Waals surface area contributed by atoms with Gasteiger partial charge in [-0.15, -0.1) is 0 Å². The number of hydrogen-bond donors (Lipinski definition) is 3. The Labute approximate surface area is 113 Å². The fourth-order valence-corrected chi connectivity index (χ4v) is 3.78. The van der Waals surface area contributed by atoms with Crippen molar-refractivity contribution in [3.63, 3.8) is 0 Å². The van der Waals surface area contributed by atoms with Crippen molar-refractivity contribution >= 4 is 31.6 Å². The Kier molecular flexibility index (Phi) is 3.65. The summed E-state index contributed by atoms with van der Waals surface area (Å²) in [5, 5.41) is 18.8. The van der Waals surface area contributed by atoms with Crippen molar-refractivity contribution in [1.29, 1.82) is 0 Å². The third-order valence-electron chi connectivity index (χ3n) is 2.82. The molecular formula is C10H13BrN2O4S. The summed E-state index contributed by atoms with van der Waals surface area (Å²) in [5.41, 5.74) is 5.81. The number of rotatable bonds is 2. The van der Waals surface area contributed by atoms with Gasteiger partial charge in [0.2, 0.25) is 10.0 Å². The molecule has 100 valence electrons. The average molecular weight is 337 g/mol. The van der Waals surface area contributed by atoms with Crippen molar-refractivity contribution in [2.45, 2.75) is 17.1 Å². The van der Waals surface area contributed by atoms with Crippen LogP contribution >= 0.6 is 15.9 Å². The van der Waals surface area contributed by atoms with Crippen LogP contribution in [-0.2, 0) is 10.0 Å². The normalized spacial score (nSPS) is 25.5. The maximum Gasteiger partial charge on any atom is 0.245 e. The van der Waals surface area contributed by atoms with Gasteiger partial charge < -0.3 is 15.9 Å². The molecule has 6 nitrogen and oxygen atoms in total. The molecule has 1 saturated heterocycles. The van der Waals surface area contributed by atoms with E-state index in [1.165, 1.54) is 12.1 Å². The van der Waals surface area contributed by atoms with Gasteiger partial charge in [-0.1, -0.05) is 15.9 Å². The van der Waals surface area contributed by atoms with Gasteiger partial charge in [0.15, 0.2) is 0 Å². The number of β-amino-alcohol motifs (C(OH)–C–C–N with tert-alkyl or cyclic N) is 2. The van der Waals surface area contributed by atoms with Crippen LogP contribution in [0.2, 0.25) is 0 Å². The van der Waals surface area contributed by atoms with Gasteiger partial charge in [0.1, 0.15) is 4.90 Å². The summed E-state index contributed by atoms with van der Waals surface area (Å²) in [7, 11) is -3.78. The maximum absolute atomic E-state index is 12.3. The van der Waals surface area contributed by atoms with Gasteiger partial charge in [-0.2, -0.15) is 4.31 Å². The number of hydrogen-bond acceptors (Lipinski definition) is 5. The molecule has 0 aliphatic carbocycles. The van der Waals surface area contributed by atoms with Crippen molar-refractivity contribution in [2.24, 2.45) is 0 Å². The van der Waals surface area contributed by atoms with Gasteiger partial charge >= 0.3 is 0 Å². The maximum atomic E-state index is 12.3. The lowest BCUT2D eigenvalue weighted by Crippen LogP contribution is -2.30. The van der Waals surface area contributed by atoms with E-state index in [0.29, 0.717) is 4.47 Å². The van der Waals surface area contributed by atoms with Crippen molar-refractivity contribution in [3.05, 3.63) is 22.7 Å². The van der Waals surface area contributed by atoms with Crippen LogP contribution in [0.25, 0.3) is 0 Å². The Hall–Kier alpha value is -0.670. The topological polar surface area (TPSA) is 104 Å². The molecule has 18 heavy (non-hydrogen) atoms. The molecule has 8 heteroatoms. The minimum Gasteiger partial charge on any atom is -0.398 e. The molecule has 2 rings (SSSR count). The van der Waals surface area contributed by atoms with Crippen LogP contribution in [0.4, 0.5) is 5.69 Å². The van der Waals surface area contributed by atoms with E-state index in [1.807, 2.05) is 0 Å². The first-order chi connectivity index (χ1) is 8.32. The fourth-order valence-electron chi connectivity index (χ4n) is 1.82. The van der Waals surface area contributed by atoms with Crippen molar-refractivity contribution < 1.29 is 18.6 Å². The molecule has 0 aromatic heterocycles. The molecule has 4 N–H and O–H groups in total. The Morgan fingerprint density at radius 1 is 1.28 bits per heavy atom. The van der Waals surface area contributed by atoms with Gasteiger partial charge in [0.25, 0.3) is 0 Å². The van der Waals surface area contributed by atoms with Crippen LogP contribution < -0.4 is 5.73 Å². The minimum atomic E-state index is -3.78. The molecule has 1 fully saturated rings. The smallest absolute Gasteiger partial charge is 0.245 e. The Bertz CT molecular complexity index is 553. The Morgan fingerprint density at radius 2 is 1.83 bits per heavy atom. The van der Waals surface area contributed by atoms with Crippen LogP contribution in [0.3, 0.4) is 0 Å². The summed E-state index contributed by atoms with van der Waals surface area (Å²) < 4.78 is 26.2. The van der Waals surface area contributed by atoms with E-state index in [4.69, 9.17) is 5.73 Å². The van der Waals surface area contributed by atoms with Crippen molar-refractivity contribution in [3.8, 4) is 0 Å². The Balaban J connectivity index is 2.37. The van der Waals surface area contributed by atoms with Crippen molar-refractivity contribution in [1.82, 2.24) is 4.31 Å². The predicted molar refractivity (Wildman–Crippen MR) is 69.3 cm³/mol. The summed E-state index contributed by atoms with van der Waals surface area (Å²) in [6.45, 7) is -0.252. The number of anilines is 1. The van der Waals surface area contributed by atoms with Gasteiger partial charge in [-0.25, -0.2) is 8.42 Å². The first-order valence-electron chi connectivity index (χ1n) is 5.23. The number of sulfonamides is 1. The van der Waals surface area contributed by atoms with Crippen LogP contribution in [0.15, 0.2) is 27.6 Å². The first-order valence-corrected chi connectivity index (χ1v) is 7.47. The van der Waals surface area contributed by atoms with E-state index in [9.17, 15) is 18.6 Å². The third kappa shape index (κ3) is 2.39. The van der Waals surface area contributed by atoms with Gasteiger partial charge in [-0.3, -0.25) is 0 Å². The highest BCUT2D eigenvalue weighted by Crippen LogP contribution is 2.27. The molecule has 1 aliphatic rings. The van der Waals surface area contributed by atoms with Crippen LogP contribution in [0, 0.1) is 0 Å². The molecule has 1 aromatic rings. The number of nitrogens with two attached hydrogens (primary N) is 1. The van der Waals surface area contributed by atoms with E-state index in [0.717, 1.165) is 4.31 Å². The van der Waals surface area contributed by atoms with E-state index in [2.05, 4.69) is 15.9 Å². The van der Waals surface area contributed by atoms with Crippen LogP contribution in [0.5, 0.6) is 0 Å². The number of benzene rings is 1. The van der Waals surface area contributed by atoms with E-state index in [1.54, 1.807) is 6.07 Å². The predicted octanol–water partition coefficient (Wildman–Crippen LogP) is -0.243. The van der Waals surface area contributed by atoms with E-state index < -0.39 is 22.2 Å². The second kappa shape index (κ2) is 4.78. The van der Waals surface area contributed by atoms with Gasteiger partial charge in [0, 0.05) is 17.6 Å². The monoisotopic (exact) mass is 336 g/mol. The zero-order valence-corrected chi connectivity index (χ0v) is 11.7. The zero-order valence-electron chi connectivity index (χ0n) is 9.32. The van der Waals surface area contributed by atoms with Gasteiger partial charge in [-0.05, 0) is 18.2 Å². The number of halogens is 1. The summed E-state index contributed by atoms with van der Waals surface area (Å²) in [6.07, 6.45) is -2.12. The van der Waals surface area contributed by atoms with E-state index >= 15 is 0 Å². The largest absolute Gasteiger partial charge is 0.398 e.